The van der Waals surface area contributed by atoms with Gasteiger partial charge in [-0.2, -0.15) is 0 Å². The maximum atomic E-state index is 11.9. The molecule has 1 aliphatic carbocycles. The van der Waals surface area contributed by atoms with Crippen LogP contribution in [0.25, 0.3) is 11.1 Å². The van der Waals surface area contributed by atoms with E-state index < -0.39 is 30.5 Å². The number of aliphatic carboxylic acids is 2. The molecule has 1 aliphatic rings. The molecule has 2 aromatic carbocycles. The summed E-state index contributed by atoms with van der Waals surface area (Å²) >= 11 is 0. The highest BCUT2D eigenvalue weighted by Gasteiger charge is 2.30. The SMILES string of the molecule is O=C(O)C[C@@H](NC(=O)OCC1c2ccccc2-c2ccccc21)C(=O)O. The summed E-state index contributed by atoms with van der Waals surface area (Å²) in [5, 5.41) is 19.8. The Hall–Kier alpha value is -3.35. The van der Waals surface area contributed by atoms with E-state index in [-0.39, 0.29) is 12.5 Å². The van der Waals surface area contributed by atoms with Crippen LogP contribution in [0.4, 0.5) is 4.79 Å². The van der Waals surface area contributed by atoms with Crippen LogP contribution in [0.2, 0.25) is 0 Å². The Bertz CT molecular complexity index is 817. The van der Waals surface area contributed by atoms with E-state index >= 15 is 0 Å². The molecule has 1 atom stereocenters. The fourth-order valence-electron chi connectivity index (χ4n) is 3.16. The molecule has 0 bridgehead atoms. The Morgan fingerprint density at radius 3 is 2.00 bits per heavy atom. The number of nitrogens with one attached hydrogen (secondary N) is 1. The lowest BCUT2D eigenvalue weighted by Gasteiger charge is -2.16. The summed E-state index contributed by atoms with van der Waals surface area (Å²) in [7, 11) is 0. The van der Waals surface area contributed by atoms with Crippen molar-refractivity contribution in [1.82, 2.24) is 5.32 Å². The van der Waals surface area contributed by atoms with Gasteiger partial charge < -0.3 is 20.3 Å². The number of alkyl carbamates (subject to hydrolysis) is 1. The summed E-state index contributed by atoms with van der Waals surface area (Å²) in [5.41, 5.74) is 4.21. The molecule has 7 heteroatoms. The fraction of sp³-hybridized carbons (Fsp3) is 0.211. The van der Waals surface area contributed by atoms with E-state index in [9.17, 15) is 14.4 Å². The van der Waals surface area contributed by atoms with Crippen molar-refractivity contribution < 1.29 is 29.3 Å². The van der Waals surface area contributed by atoms with Crippen molar-refractivity contribution in [2.45, 2.75) is 18.4 Å². The number of benzene rings is 2. The van der Waals surface area contributed by atoms with Gasteiger partial charge in [-0.1, -0.05) is 48.5 Å². The quantitative estimate of drug-likeness (QED) is 0.734. The number of hydrogen-bond acceptors (Lipinski definition) is 4. The molecule has 0 aliphatic heterocycles. The van der Waals surface area contributed by atoms with Crippen LogP contribution in [0.1, 0.15) is 23.5 Å². The predicted molar refractivity (Wildman–Crippen MR) is 91.9 cm³/mol. The monoisotopic (exact) mass is 355 g/mol. The number of fused-ring (bicyclic) bond motifs is 3. The maximum Gasteiger partial charge on any atom is 0.407 e. The van der Waals surface area contributed by atoms with Crippen molar-refractivity contribution in [2.24, 2.45) is 0 Å². The number of carboxylic acids is 2. The summed E-state index contributed by atoms with van der Waals surface area (Å²) in [6.07, 6.45) is -1.68. The Labute approximate surface area is 149 Å². The highest BCUT2D eigenvalue weighted by Crippen LogP contribution is 2.44. The number of carboxylic acid groups (broad SMARTS) is 2. The number of ether oxygens (including phenoxy) is 1. The molecular weight excluding hydrogens is 338 g/mol. The second kappa shape index (κ2) is 7.26. The lowest BCUT2D eigenvalue weighted by molar-refractivity contribution is -0.145. The molecule has 134 valence electrons. The van der Waals surface area contributed by atoms with Gasteiger partial charge in [0.25, 0.3) is 0 Å². The zero-order valence-corrected chi connectivity index (χ0v) is 13.7. The van der Waals surface area contributed by atoms with Gasteiger partial charge in [-0.15, -0.1) is 0 Å². The van der Waals surface area contributed by atoms with E-state index in [4.69, 9.17) is 14.9 Å². The summed E-state index contributed by atoms with van der Waals surface area (Å²) in [5.74, 6) is -2.91. The molecule has 0 heterocycles. The van der Waals surface area contributed by atoms with Crippen LogP contribution >= 0.6 is 0 Å². The standard InChI is InChI=1S/C19H17NO6/c21-17(22)9-16(18(23)24)20-19(25)26-10-15-13-7-3-1-5-11(13)12-6-2-4-8-14(12)15/h1-8,15-16H,9-10H2,(H,20,25)(H,21,22)(H,23,24)/t16-/m1/s1. The molecule has 3 rings (SSSR count). The van der Waals surface area contributed by atoms with Crippen molar-refractivity contribution in [1.29, 1.82) is 0 Å². The predicted octanol–water partition coefficient (Wildman–Crippen LogP) is 2.45. The van der Waals surface area contributed by atoms with Crippen molar-refractivity contribution in [3.63, 3.8) is 0 Å². The minimum atomic E-state index is -1.54. The summed E-state index contributed by atoms with van der Waals surface area (Å²) in [6.45, 7) is 0.0271. The lowest BCUT2D eigenvalue weighted by Crippen LogP contribution is -2.42. The third-order valence-corrected chi connectivity index (χ3v) is 4.31. The molecule has 1 amide bonds. The number of carbonyl (C=O) groups is 3. The van der Waals surface area contributed by atoms with Crippen molar-refractivity contribution >= 4 is 18.0 Å². The van der Waals surface area contributed by atoms with Crippen LogP contribution < -0.4 is 5.32 Å². The number of rotatable bonds is 6. The van der Waals surface area contributed by atoms with E-state index in [1.54, 1.807) is 0 Å². The third kappa shape index (κ3) is 3.51. The van der Waals surface area contributed by atoms with Crippen LogP contribution in [0.5, 0.6) is 0 Å². The van der Waals surface area contributed by atoms with Gasteiger partial charge in [-0.3, -0.25) is 4.79 Å². The van der Waals surface area contributed by atoms with Gasteiger partial charge in [0, 0.05) is 5.92 Å². The number of amides is 1. The smallest absolute Gasteiger partial charge is 0.407 e. The molecule has 7 nitrogen and oxygen atoms in total. The van der Waals surface area contributed by atoms with Crippen molar-refractivity contribution in [3.8, 4) is 11.1 Å². The first-order chi connectivity index (χ1) is 12.5. The molecule has 0 saturated carbocycles. The first-order valence-electron chi connectivity index (χ1n) is 8.03. The van der Waals surface area contributed by atoms with Gasteiger partial charge in [0.1, 0.15) is 12.6 Å². The van der Waals surface area contributed by atoms with E-state index in [2.05, 4.69) is 5.32 Å². The summed E-state index contributed by atoms with van der Waals surface area (Å²) < 4.78 is 5.20. The van der Waals surface area contributed by atoms with Crippen LogP contribution in [-0.4, -0.2) is 40.9 Å². The number of carbonyl (C=O) groups excluding carboxylic acids is 1. The minimum Gasteiger partial charge on any atom is -0.481 e. The Morgan fingerprint density at radius 1 is 0.962 bits per heavy atom. The third-order valence-electron chi connectivity index (χ3n) is 4.31. The second-order valence-electron chi connectivity index (χ2n) is 5.96. The second-order valence-corrected chi connectivity index (χ2v) is 5.96. The molecule has 0 saturated heterocycles. The Kier molecular flexibility index (Phi) is 4.88. The highest BCUT2D eigenvalue weighted by molar-refractivity contribution is 5.84. The average Bonchev–Trinajstić information content (AvgIpc) is 2.93. The van der Waals surface area contributed by atoms with Gasteiger partial charge in [0.15, 0.2) is 0 Å². The van der Waals surface area contributed by atoms with Gasteiger partial charge in [-0.05, 0) is 22.3 Å². The largest absolute Gasteiger partial charge is 0.481 e. The lowest BCUT2D eigenvalue weighted by atomic mass is 9.98. The Balaban J connectivity index is 1.71. The zero-order chi connectivity index (χ0) is 18.7. The number of hydrogen-bond donors (Lipinski definition) is 3. The first-order valence-corrected chi connectivity index (χ1v) is 8.03. The molecule has 0 radical (unpaired) electrons. The molecule has 0 spiro atoms. The minimum absolute atomic E-state index is 0.0271. The van der Waals surface area contributed by atoms with E-state index in [0.717, 1.165) is 22.3 Å². The Morgan fingerprint density at radius 2 is 1.50 bits per heavy atom. The molecule has 3 N–H and O–H groups in total. The van der Waals surface area contributed by atoms with Gasteiger partial charge >= 0.3 is 18.0 Å². The molecule has 26 heavy (non-hydrogen) atoms. The molecule has 0 aromatic heterocycles. The molecule has 2 aromatic rings. The van der Waals surface area contributed by atoms with Crippen LogP contribution in [0.3, 0.4) is 0 Å². The van der Waals surface area contributed by atoms with Gasteiger partial charge in [0.2, 0.25) is 0 Å². The van der Waals surface area contributed by atoms with E-state index in [1.807, 2.05) is 48.5 Å². The first kappa shape index (κ1) is 17.5. The molecular formula is C19H17NO6. The van der Waals surface area contributed by atoms with E-state index in [0.29, 0.717) is 0 Å². The normalized spacial score (nSPS) is 13.4. The molecule has 0 fully saturated rings. The van der Waals surface area contributed by atoms with Crippen LogP contribution in [0.15, 0.2) is 48.5 Å². The van der Waals surface area contributed by atoms with Gasteiger partial charge in [-0.25, -0.2) is 9.59 Å². The van der Waals surface area contributed by atoms with E-state index in [1.165, 1.54) is 0 Å². The zero-order valence-electron chi connectivity index (χ0n) is 13.7. The molecule has 0 unspecified atom stereocenters. The van der Waals surface area contributed by atoms with Gasteiger partial charge in [0.05, 0.1) is 6.42 Å². The summed E-state index contributed by atoms with van der Waals surface area (Å²) in [4.78, 5) is 33.6. The highest BCUT2D eigenvalue weighted by atomic mass is 16.5. The van der Waals surface area contributed by atoms with Crippen LogP contribution in [-0.2, 0) is 14.3 Å². The van der Waals surface area contributed by atoms with Crippen LogP contribution in [0, 0.1) is 0 Å². The summed E-state index contributed by atoms with van der Waals surface area (Å²) in [6, 6.07) is 14.1. The fourth-order valence-corrected chi connectivity index (χ4v) is 3.16. The van der Waals surface area contributed by atoms with Crippen molar-refractivity contribution in [2.75, 3.05) is 6.61 Å². The maximum absolute atomic E-state index is 11.9. The van der Waals surface area contributed by atoms with Crippen molar-refractivity contribution in [3.05, 3.63) is 59.7 Å². The topological polar surface area (TPSA) is 113 Å². The average molecular weight is 355 g/mol.